The van der Waals surface area contributed by atoms with Gasteiger partial charge >= 0.3 is 0 Å². The van der Waals surface area contributed by atoms with Crippen LogP contribution in [-0.2, 0) is 4.79 Å². The van der Waals surface area contributed by atoms with Crippen molar-refractivity contribution in [2.75, 3.05) is 0 Å². The maximum atomic E-state index is 13.0. The molecule has 0 saturated heterocycles. The normalized spacial score (nSPS) is 59.4. The standard InChI is InChI=1S/C30H50O2/c1-18-11-13-27(5)15-16-28(6)20(25(27)19(18)2)9-10-22-29(28,7)14-12-21-26(3,4)23(31)17-24(32)30(21,22)8/h18-22,24-25,32H,9-17H2,1-8H3/t18-,19+,20-,21+,22+,24?,25+,27-,28-,29-,30+/m1/s1. The third-order valence-corrected chi connectivity index (χ3v) is 13.9. The molecular weight excluding hydrogens is 392 g/mol. The largest absolute Gasteiger partial charge is 0.392 e. The molecule has 5 fully saturated rings. The van der Waals surface area contributed by atoms with Crippen LogP contribution in [0.3, 0.4) is 0 Å². The van der Waals surface area contributed by atoms with Gasteiger partial charge in [0.05, 0.1) is 6.10 Å². The highest BCUT2D eigenvalue weighted by Crippen LogP contribution is 2.76. The Bertz CT molecular complexity index is 801. The minimum absolute atomic E-state index is 0.134. The van der Waals surface area contributed by atoms with Gasteiger partial charge in [-0.25, -0.2) is 0 Å². The molecule has 5 rings (SSSR count). The number of carbonyl (C=O) groups excluding carboxylic acids is 1. The van der Waals surface area contributed by atoms with Gasteiger partial charge < -0.3 is 5.11 Å². The van der Waals surface area contributed by atoms with Crippen LogP contribution in [0.1, 0.15) is 113 Å². The van der Waals surface area contributed by atoms with E-state index in [1.54, 1.807) is 0 Å². The van der Waals surface area contributed by atoms with Crippen molar-refractivity contribution in [3.05, 3.63) is 0 Å². The van der Waals surface area contributed by atoms with Crippen LogP contribution < -0.4 is 0 Å². The predicted octanol–water partition coefficient (Wildman–Crippen LogP) is 7.28. The van der Waals surface area contributed by atoms with Crippen LogP contribution >= 0.6 is 0 Å². The molecule has 1 N–H and O–H groups in total. The second-order valence-corrected chi connectivity index (χ2v) is 14.9. The first-order valence-corrected chi connectivity index (χ1v) is 13.9. The quantitative estimate of drug-likeness (QED) is 0.428. The molecule has 0 aromatic heterocycles. The SMILES string of the molecule is C[C@@H]1[C@H]2[C@H]3CC[C@@H]4[C@@]5(C)C(O)CC(=O)C(C)(C)[C@@H]5CC[C@@]4(C)[C@]3(C)CC[C@@]2(C)CC[C@H]1C. The molecular formula is C30H50O2. The van der Waals surface area contributed by atoms with Gasteiger partial charge in [0, 0.05) is 17.3 Å². The molecule has 0 bridgehead atoms. The van der Waals surface area contributed by atoms with E-state index >= 15 is 0 Å². The molecule has 0 aromatic carbocycles. The zero-order chi connectivity index (χ0) is 23.5. The second kappa shape index (κ2) is 6.86. The molecule has 2 nitrogen and oxygen atoms in total. The van der Waals surface area contributed by atoms with Crippen molar-refractivity contribution in [3.63, 3.8) is 0 Å². The Balaban J connectivity index is 1.57. The number of aliphatic hydroxyl groups is 1. The van der Waals surface area contributed by atoms with E-state index in [0.29, 0.717) is 29.1 Å². The zero-order valence-corrected chi connectivity index (χ0v) is 22.3. The Morgan fingerprint density at radius 1 is 0.781 bits per heavy atom. The van der Waals surface area contributed by atoms with Gasteiger partial charge in [0.2, 0.25) is 0 Å². The fourth-order valence-electron chi connectivity index (χ4n) is 11.4. The Hall–Kier alpha value is -0.370. The summed E-state index contributed by atoms with van der Waals surface area (Å²) in [5.74, 6) is 4.46. The third kappa shape index (κ3) is 2.60. The summed E-state index contributed by atoms with van der Waals surface area (Å²) >= 11 is 0. The highest BCUT2D eigenvalue weighted by molar-refractivity contribution is 5.86. The monoisotopic (exact) mass is 442 g/mol. The molecule has 5 aliphatic rings. The molecule has 0 spiro atoms. The van der Waals surface area contributed by atoms with Crippen molar-refractivity contribution in [1.82, 2.24) is 0 Å². The first kappa shape index (κ1) is 23.4. The van der Waals surface area contributed by atoms with E-state index in [2.05, 4.69) is 55.4 Å². The highest BCUT2D eigenvalue weighted by Gasteiger charge is 2.71. The number of Topliss-reactive ketones (excluding diaryl/α,β-unsaturated/α-hetero) is 1. The topological polar surface area (TPSA) is 37.3 Å². The van der Waals surface area contributed by atoms with Gasteiger partial charge in [0.15, 0.2) is 0 Å². The Labute approximate surface area is 197 Å². The Morgan fingerprint density at radius 3 is 2.16 bits per heavy atom. The van der Waals surface area contributed by atoms with Gasteiger partial charge in [-0.2, -0.15) is 0 Å². The molecule has 11 atom stereocenters. The molecule has 5 saturated carbocycles. The number of hydrogen-bond acceptors (Lipinski definition) is 2. The molecule has 0 heterocycles. The van der Waals surface area contributed by atoms with Crippen LogP contribution in [0.5, 0.6) is 0 Å². The van der Waals surface area contributed by atoms with E-state index in [1.807, 2.05) is 0 Å². The van der Waals surface area contributed by atoms with Crippen molar-refractivity contribution in [2.45, 2.75) is 119 Å². The van der Waals surface area contributed by atoms with Crippen LogP contribution in [-0.4, -0.2) is 17.0 Å². The number of hydrogen-bond donors (Lipinski definition) is 1. The van der Waals surface area contributed by atoms with Gasteiger partial charge in [-0.1, -0.05) is 55.4 Å². The third-order valence-electron chi connectivity index (χ3n) is 13.9. The van der Waals surface area contributed by atoms with Gasteiger partial charge in [-0.05, 0) is 103 Å². The zero-order valence-electron chi connectivity index (χ0n) is 22.3. The summed E-state index contributed by atoms with van der Waals surface area (Å²) in [7, 11) is 0. The fraction of sp³-hybridized carbons (Fsp3) is 0.967. The van der Waals surface area contributed by atoms with Crippen molar-refractivity contribution in [3.8, 4) is 0 Å². The van der Waals surface area contributed by atoms with E-state index in [4.69, 9.17) is 0 Å². The maximum absolute atomic E-state index is 13.0. The average molecular weight is 443 g/mol. The summed E-state index contributed by atoms with van der Waals surface area (Å²) in [4.78, 5) is 13.0. The molecule has 0 amide bonds. The minimum atomic E-state index is -0.472. The van der Waals surface area contributed by atoms with E-state index < -0.39 is 6.10 Å². The lowest BCUT2D eigenvalue weighted by Crippen LogP contribution is -2.69. The van der Waals surface area contributed by atoms with Crippen LogP contribution in [0, 0.1) is 62.6 Å². The van der Waals surface area contributed by atoms with Gasteiger partial charge in [-0.3, -0.25) is 4.79 Å². The lowest BCUT2D eigenvalue weighted by atomic mass is 9.31. The van der Waals surface area contributed by atoms with Gasteiger partial charge in [0.1, 0.15) is 5.78 Å². The Morgan fingerprint density at radius 2 is 1.47 bits per heavy atom. The minimum Gasteiger partial charge on any atom is -0.392 e. The molecule has 0 aliphatic heterocycles. The van der Waals surface area contributed by atoms with Crippen LogP contribution in [0.25, 0.3) is 0 Å². The summed E-state index contributed by atoms with van der Waals surface area (Å²) in [6, 6.07) is 0. The van der Waals surface area contributed by atoms with E-state index in [9.17, 15) is 9.90 Å². The van der Waals surface area contributed by atoms with Crippen LogP contribution in [0.4, 0.5) is 0 Å². The number of aliphatic hydroxyl groups excluding tert-OH is 1. The maximum Gasteiger partial charge on any atom is 0.141 e. The molecule has 0 radical (unpaired) electrons. The Kier molecular flexibility index (Phi) is 5.01. The van der Waals surface area contributed by atoms with Crippen molar-refractivity contribution in [1.29, 1.82) is 0 Å². The van der Waals surface area contributed by atoms with Gasteiger partial charge in [-0.15, -0.1) is 0 Å². The summed E-state index contributed by atoms with van der Waals surface area (Å²) in [5.41, 5.74) is 0.709. The first-order chi connectivity index (χ1) is 14.7. The van der Waals surface area contributed by atoms with Crippen LogP contribution in [0.2, 0.25) is 0 Å². The predicted molar refractivity (Wildman–Crippen MR) is 131 cm³/mol. The molecule has 1 unspecified atom stereocenters. The lowest BCUT2D eigenvalue weighted by Gasteiger charge is -2.74. The van der Waals surface area contributed by atoms with E-state index in [-0.39, 0.29) is 22.0 Å². The molecule has 5 aliphatic carbocycles. The number of rotatable bonds is 0. The average Bonchev–Trinajstić information content (AvgIpc) is 2.71. The van der Waals surface area contributed by atoms with Gasteiger partial charge in [0.25, 0.3) is 0 Å². The van der Waals surface area contributed by atoms with Crippen LogP contribution in [0.15, 0.2) is 0 Å². The molecule has 2 heteroatoms. The number of ketones is 1. The van der Waals surface area contributed by atoms with E-state index in [1.165, 1.54) is 44.9 Å². The summed E-state index contributed by atoms with van der Waals surface area (Å²) < 4.78 is 0. The number of fused-ring (bicyclic) bond motifs is 7. The van der Waals surface area contributed by atoms with E-state index in [0.717, 1.165) is 30.1 Å². The summed E-state index contributed by atoms with van der Waals surface area (Å²) in [6.07, 6.45) is 10.4. The summed E-state index contributed by atoms with van der Waals surface area (Å²) in [6.45, 7) is 19.8. The molecule has 32 heavy (non-hydrogen) atoms. The number of carbonyl (C=O) groups is 1. The lowest BCUT2D eigenvalue weighted by molar-refractivity contribution is -0.262. The van der Waals surface area contributed by atoms with Crippen molar-refractivity contribution < 1.29 is 9.90 Å². The molecule has 0 aromatic rings. The first-order valence-electron chi connectivity index (χ1n) is 13.9. The highest BCUT2D eigenvalue weighted by atomic mass is 16.3. The van der Waals surface area contributed by atoms with Crippen molar-refractivity contribution >= 4 is 5.78 Å². The summed E-state index contributed by atoms with van der Waals surface area (Å²) in [5, 5.41) is 11.5. The second-order valence-electron chi connectivity index (χ2n) is 14.9. The van der Waals surface area contributed by atoms with Crippen molar-refractivity contribution in [2.24, 2.45) is 62.6 Å². The molecule has 182 valence electrons. The fourth-order valence-corrected chi connectivity index (χ4v) is 11.4. The smallest absolute Gasteiger partial charge is 0.141 e.